The van der Waals surface area contributed by atoms with E-state index in [1.54, 1.807) is 12.3 Å². The molecule has 3 aromatic rings. The monoisotopic (exact) mass is 333 g/mol. The zero-order valence-electron chi connectivity index (χ0n) is 14.2. The third-order valence-electron chi connectivity index (χ3n) is 4.19. The first-order chi connectivity index (χ1) is 12.1. The van der Waals surface area contributed by atoms with Gasteiger partial charge in [0.15, 0.2) is 6.61 Å². The molecule has 0 bridgehead atoms. The number of fused-ring (bicyclic) bond motifs is 1. The molecule has 0 saturated carbocycles. The number of carboxylic acid groups (broad SMARTS) is 1. The molecule has 4 nitrogen and oxygen atoms in total. The Morgan fingerprint density at radius 2 is 1.88 bits per heavy atom. The minimum Gasteiger partial charge on any atom is -0.481 e. The molecule has 0 aliphatic carbocycles. The van der Waals surface area contributed by atoms with Crippen molar-refractivity contribution in [1.82, 2.24) is 0 Å². The summed E-state index contributed by atoms with van der Waals surface area (Å²) < 4.78 is 5.46. The van der Waals surface area contributed by atoms with Crippen molar-refractivity contribution in [2.75, 3.05) is 6.61 Å². The highest BCUT2D eigenvalue weighted by Gasteiger charge is 2.09. The van der Waals surface area contributed by atoms with Gasteiger partial charge in [-0.2, -0.15) is 0 Å². The van der Waals surface area contributed by atoms with Crippen LogP contribution < -0.4 is 4.74 Å². The van der Waals surface area contributed by atoms with Crippen molar-refractivity contribution >= 4 is 28.6 Å². The van der Waals surface area contributed by atoms with Crippen LogP contribution in [0, 0.1) is 13.8 Å². The van der Waals surface area contributed by atoms with Crippen molar-refractivity contribution in [3.05, 3.63) is 71.3 Å². The summed E-state index contributed by atoms with van der Waals surface area (Å²) in [6.07, 6.45) is 1.75. The summed E-state index contributed by atoms with van der Waals surface area (Å²) in [7, 11) is 0. The Morgan fingerprint density at radius 3 is 2.68 bits per heavy atom. The first-order valence-corrected chi connectivity index (χ1v) is 8.03. The van der Waals surface area contributed by atoms with E-state index in [4.69, 9.17) is 9.84 Å². The van der Waals surface area contributed by atoms with Gasteiger partial charge in [0, 0.05) is 11.8 Å². The van der Waals surface area contributed by atoms with E-state index in [1.165, 1.54) is 5.56 Å². The maximum atomic E-state index is 10.9. The predicted molar refractivity (Wildman–Crippen MR) is 100 cm³/mol. The quantitative estimate of drug-likeness (QED) is 0.690. The lowest BCUT2D eigenvalue weighted by Gasteiger charge is -2.10. The Kier molecular flexibility index (Phi) is 4.80. The molecule has 3 aromatic carbocycles. The number of nitrogens with zero attached hydrogens (tertiary/aromatic N) is 1. The molecular formula is C21H19NO3. The molecule has 0 unspecified atom stereocenters. The first-order valence-electron chi connectivity index (χ1n) is 8.03. The number of ether oxygens (including phenoxy) is 1. The third kappa shape index (κ3) is 3.69. The fraction of sp³-hybridized carbons (Fsp3) is 0.143. The minimum absolute atomic E-state index is 0.386. The average Bonchev–Trinajstić information content (AvgIpc) is 2.61. The molecule has 0 aromatic heterocycles. The lowest BCUT2D eigenvalue weighted by molar-refractivity contribution is -0.139. The summed E-state index contributed by atoms with van der Waals surface area (Å²) in [4.78, 5) is 15.5. The number of carbonyl (C=O) groups is 1. The van der Waals surface area contributed by atoms with Crippen molar-refractivity contribution in [3.8, 4) is 5.75 Å². The van der Waals surface area contributed by atoms with E-state index >= 15 is 0 Å². The number of hydrogen-bond donors (Lipinski definition) is 1. The predicted octanol–water partition coefficient (Wildman–Crippen LogP) is 4.67. The summed E-state index contributed by atoms with van der Waals surface area (Å²) in [5, 5.41) is 10.9. The number of hydrogen-bond acceptors (Lipinski definition) is 3. The van der Waals surface area contributed by atoms with E-state index in [0.29, 0.717) is 5.75 Å². The summed E-state index contributed by atoms with van der Waals surface area (Å²) in [6, 6.07) is 17.6. The maximum Gasteiger partial charge on any atom is 0.341 e. The van der Waals surface area contributed by atoms with Crippen LogP contribution in [0.15, 0.2) is 59.6 Å². The van der Waals surface area contributed by atoms with Gasteiger partial charge in [-0.1, -0.05) is 42.5 Å². The van der Waals surface area contributed by atoms with E-state index in [2.05, 4.69) is 4.99 Å². The topological polar surface area (TPSA) is 58.9 Å². The van der Waals surface area contributed by atoms with Crippen molar-refractivity contribution in [3.63, 3.8) is 0 Å². The standard InChI is InChI=1S/C21H19NO3/c1-14-6-5-9-19(15(14)2)22-12-18-17-8-4-3-7-16(17)10-11-20(18)25-13-21(23)24/h3-12H,13H2,1-2H3,(H,23,24). The van der Waals surface area contributed by atoms with Crippen molar-refractivity contribution in [2.24, 2.45) is 4.99 Å². The molecule has 0 aliphatic heterocycles. The Bertz CT molecular complexity index is 961. The second-order valence-electron chi connectivity index (χ2n) is 5.86. The Hall–Kier alpha value is -3.14. The zero-order chi connectivity index (χ0) is 17.8. The van der Waals surface area contributed by atoms with Gasteiger partial charge in [-0.3, -0.25) is 4.99 Å². The highest BCUT2D eigenvalue weighted by atomic mass is 16.5. The molecule has 0 amide bonds. The molecule has 25 heavy (non-hydrogen) atoms. The fourth-order valence-electron chi connectivity index (χ4n) is 2.68. The molecule has 1 N–H and O–H groups in total. The average molecular weight is 333 g/mol. The largest absolute Gasteiger partial charge is 0.481 e. The Balaban J connectivity index is 2.08. The summed E-state index contributed by atoms with van der Waals surface area (Å²) in [5.41, 5.74) is 3.96. The van der Waals surface area contributed by atoms with Gasteiger partial charge in [-0.05, 0) is 47.9 Å². The van der Waals surface area contributed by atoms with Gasteiger partial charge < -0.3 is 9.84 Å². The third-order valence-corrected chi connectivity index (χ3v) is 4.19. The molecule has 0 saturated heterocycles. The lowest BCUT2D eigenvalue weighted by Crippen LogP contribution is -2.10. The van der Waals surface area contributed by atoms with E-state index < -0.39 is 5.97 Å². The lowest BCUT2D eigenvalue weighted by atomic mass is 10.0. The van der Waals surface area contributed by atoms with Crippen LogP contribution in [0.5, 0.6) is 5.75 Å². The van der Waals surface area contributed by atoms with Crippen LogP contribution in [0.3, 0.4) is 0 Å². The molecule has 0 fully saturated rings. The van der Waals surface area contributed by atoms with Crippen LogP contribution in [0.1, 0.15) is 16.7 Å². The van der Waals surface area contributed by atoms with E-state index in [9.17, 15) is 4.79 Å². The fourth-order valence-corrected chi connectivity index (χ4v) is 2.68. The highest BCUT2D eigenvalue weighted by molar-refractivity contribution is 6.03. The second-order valence-corrected chi connectivity index (χ2v) is 5.86. The summed E-state index contributed by atoms with van der Waals surface area (Å²) in [5.74, 6) is -0.499. The molecule has 126 valence electrons. The molecule has 0 atom stereocenters. The van der Waals surface area contributed by atoms with E-state index in [0.717, 1.165) is 27.6 Å². The summed E-state index contributed by atoms with van der Waals surface area (Å²) in [6.45, 7) is 3.70. The van der Waals surface area contributed by atoms with Gasteiger partial charge in [0.25, 0.3) is 0 Å². The van der Waals surface area contributed by atoms with Crippen LogP contribution in [0.25, 0.3) is 10.8 Å². The first kappa shape index (κ1) is 16.7. The normalized spacial score (nSPS) is 11.1. The highest BCUT2D eigenvalue weighted by Crippen LogP contribution is 2.28. The van der Waals surface area contributed by atoms with Crippen molar-refractivity contribution < 1.29 is 14.6 Å². The van der Waals surface area contributed by atoms with Gasteiger partial charge in [0.05, 0.1) is 5.69 Å². The Morgan fingerprint density at radius 1 is 1.08 bits per heavy atom. The maximum absolute atomic E-state index is 10.9. The van der Waals surface area contributed by atoms with Crippen molar-refractivity contribution in [1.29, 1.82) is 0 Å². The number of aliphatic carboxylic acids is 1. The number of aliphatic imine (C=N–C) groups is 1. The van der Waals surface area contributed by atoms with Crippen molar-refractivity contribution in [2.45, 2.75) is 13.8 Å². The van der Waals surface area contributed by atoms with Gasteiger partial charge in [0.2, 0.25) is 0 Å². The van der Waals surface area contributed by atoms with E-state index in [1.807, 2.05) is 62.4 Å². The number of aryl methyl sites for hydroxylation is 1. The SMILES string of the molecule is Cc1cccc(N=Cc2c(OCC(=O)O)ccc3ccccc23)c1C. The van der Waals surface area contributed by atoms with Crippen LogP contribution in [-0.2, 0) is 4.79 Å². The zero-order valence-corrected chi connectivity index (χ0v) is 14.2. The van der Waals surface area contributed by atoms with Gasteiger partial charge >= 0.3 is 5.97 Å². The number of carboxylic acids is 1. The number of benzene rings is 3. The molecule has 0 aliphatic rings. The molecule has 0 heterocycles. The molecule has 0 radical (unpaired) electrons. The molecule has 3 rings (SSSR count). The second kappa shape index (κ2) is 7.18. The smallest absolute Gasteiger partial charge is 0.341 e. The number of rotatable bonds is 5. The van der Waals surface area contributed by atoms with Crippen LogP contribution in [-0.4, -0.2) is 23.9 Å². The molecular weight excluding hydrogens is 314 g/mol. The van der Waals surface area contributed by atoms with Crippen LogP contribution in [0.2, 0.25) is 0 Å². The molecule has 0 spiro atoms. The van der Waals surface area contributed by atoms with E-state index in [-0.39, 0.29) is 6.61 Å². The van der Waals surface area contributed by atoms with Gasteiger partial charge in [0.1, 0.15) is 5.75 Å². The van der Waals surface area contributed by atoms with Gasteiger partial charge in [-0.15, -0.1) is 0 Å². The summed E-state index contributed by atoms with van der Waals surface area (Å²) >= 11 is 0. The van der Waals surface area contributed by atoms with Gasteiger partial charge in [-0.25, -0.2) is 4.79 Å². The van der Waals surface area contributed by atoms with Crippen LogP contribution >= 0.6 is 0 Å². The molecule has 4 heteroatoms. The van der Waals surface area contributed by atoms with Crippen LogP contribution in [0.4, 0.5) is 5.69 Å². The Labute approximate surface area is 146 Å². The minimum atomic E-state index is -1.01.